The van der Waals surface area contributed by atoms with Crippen LogP contribution in [-0.4, -0.2) is 33.0 Å². The maximum Gasteiger partial charge on any atom is 0.441 e. The van der Waals surface area contributed by atoms with E-state index in [1.165, 1.54) is 0 Å². The maximum absolute atomic E-state index is 11.7. The Morgan fingerprint density at radius 2 is 2.07 bits per heavy atom. The molecule has 0 saturated carbocycles. The summed E-state index contributed by atoms with van der Waals surface area (Å²) in [6.45, 7) is 2.15. The van der Waals surface area contributed by atoms with Crippen molar-refractivity contribution in [1.82, 2.24) is 0 Å². The number of hydrogen-bond acceptors (Lipinski definition) is 3. The van der Waals surface area contributed by atoms with Crippen LogP contribution in [0, 0.1) is 0 Å². The molecule has 86 valence electrons. The number of thioether (sulfide) groups is 1. The molecule has 2 atom stereocenters. The van der Waals surface area contributed by atoms with Crippen LogP contribution in [0.4, 0.5) is 13.2 Å². The second kappa shape index (κ2) is 6.68. The van der Waals surface area contributed by atoms with Gasteiger partial charge in [-0.25, -0.2) is 0 Å². The van der Waals surface area contributed by atoms with E-state index < -0.39 is 16.3 Å². The van der Waals surface area contributed by atoms with Gasteiger partial charge >= 0.3 is 5.51 Å². The Hall–Kier alpha value is 0.250. The Labute approximate surface area is 88.3 Å². The van der Waals surface area contributed by atoms with Crippen LogP contribution in [0.3, 0.4) is 0 Å². The van der Waals surface area contributed by atoms with E-state index >= 15 is 0 Å². The molecule has 0 bridgehead atoms. The average molecular weight is 249 g/mol. The van der Waals surface area contributed by atoms with Crippen molar-refractivity contribution in [3.63, 3.8) is 0 Å². The van der Waals surface area contributed by atoms with Gasteiger partial charge in [-0.1, -0.05) is 18.7 Å². The molecule has 0 saturated heterocycles. The van der Waals surface area contributed by atoms with Gasteiger partial charge in [-0.05, 0) is 13.0 Å². The summed E-state index contributed by atoms with van der Waals surface area (Å²) in [6, 6.07) is 0. The lowest BCUT2D eigenvalue weighted by molar-refractivity contribution is -0.0326. The first-order valence-corrected chi connectivity index (χ1v) is 6.51. The fraction of sp³-hybridized carbons (Fsp3) is 1.00. The van der Waals surface area contributed by atoms with Crippen molar-refractivity contribution < 1.29 is 17.4 Å². The predicted octanol–water partition coefficient (Wildman–Crippen LogP) is 1.73. The van der Waals surface area contributed by atoms with Gasteiger partial charge in [0.1, 0.15) is 0 Å². The fourth-order valence-electron chi connectivity index (χ4n) is 0.807. The molecule has 14 heavy (non-hydrogen) atoms. The van der Waals surface area contributed by atoms with E-state index in [1.807, 2.05) is 0 Å². The van der Waals surface area contributed by atoms with Crippen molar-refractivity contribution >= 4 is 22.6 Å². The Morgan fingerprint density at radius 3 is 2.50 bits per heavy atom. The molecule has 0 aliphatic carbocycles. The zero-order valence-corrected chi connectivity index (χ0v) is 9.47. The monoisotopic (exact) mass is 249 g/mol. The number of halogens is 3. The molecule has 0 aromatic rings. The summed E-state index contributed by atoms with van der Waals surface area (Å²) in [5, 5.41) is -0.117. The molecule has 2 nitrogen and oxygen atoms in total. The van der Waals surface area contributed by atoms with Crippen LogP contribution in [0.25, 0.3) is 0 Å². The fourth-order valence-corrected chi connectivity index (χ4v) is 2.83. The van der Waals surface area contributed by atoms with Crippen LogP contribution < -0.4 is 5.73 Å². The van der Waals surface area contributed by atoms with Gasteiger partial charge in [0.2, 0.25) is 0 Å². The third-order valence-corrected chi connectivity index (χ3v) is 4.31. The van der Waals surface area contributed by atoms with Crippen molar-refractivity contribution in [1.29, 1.82) is 0 Å². The molecule has 0 aliphatic heterocycles. The van der Waals surface area contributed by atoms with Crippen LogP contribution in [0.15, 0.2) is 0 Å². The zero-order chi connectivity index (χ0) is 11.2. The van der Waals surface area contributed by atoms with E-state index in [0.29, 0.717) is 13.0 Å². The minimum atomic E-state index is -4.22. The minimum Gasteiger partial charge on any atom is -0.330 e. The predicted molar refractivity (Wildman–Crippen MR) is 54.7 cm³/mol. The van der Waals surface area contributed by atoms with E-state index in [0.717, 1.165) is 0 Å². The number of rotatable bonds is 6. The molecule has 2 N–H and O–H groups in total. The Balaban J connectivity index is 3.64. The highest BCUT2D eigenvalue weighted by Gasteiger charge is 2.28. The molecular formula is C7H14F3NOS2. The highest BCUT2D eigenvalue weighted by Crippen LogP contribution is 2.29. The molecule has 0 fully saturated rings. The molecule has 0 radical (unpaired) electrons. The van der Waals surface area contributed by atoms with Crippen molar-refractivity contribution in [3.05, 3.63) is 0 Å². The quantitative estimate of drug-likeness (QED) is 0.779. The molecule has 7 heteroatoms. The van der Waals surface area contributed by atoms with Crippen molar-refractivity contribution in [2.24, 2.45) is 5.73 Å². The Kier molecular flexibility index (Phi) is 6.80. The van der Waals surface area contributed by atoms with Gasteiger partial charge in [0.15, 0.2) is 0 Å². The van der Waals surface area contributed by atoms with Crippen molar-refractivity contribution in [2.75, 3.05) is 18.1 Å². The van der Waals surface area contributed by atoms with Gasteiger partial charge in [-0.15, -0.1) is 0 Å². The first kappa shape index (κ1) is 14.2. The third-order valence-electron chi connectivity index (χ3n) is 1.57. The third kappa shape index (κ3) is 7.64. The smallest absolute Gasteiger partial charge is 0.330 e. The molecule has 0 amide bonds. The average Bonchev–Trinajstić information content (AvgIpc) is 2.02. The highest BCUT2D eigenvalue weighted by atomic mass is 32.2. The SMILES string of the molecule is CC(CCN)S(=O)CCSC(F)(F)F. The zero-order valence-electron chi connectivity index (χ0n) is 7.84. The lowest BCUT2D eigenvalue weighted by Crippen LogP contribution is -2.19. The molecule has 0 aromatic heterocycles. The number of alkyl halides is 3. The second-order valence-electron chi connectivity index (χ2n) is 2.77. The van der Waals surface area contributed by atoms with Crippen LogP contribution >= 0.6 is 11.8 Å². The molecule has 0 aliphatic rings. The van der Waals surface area contributed by atoms with E-state index in [9.17, 15) is 17.4 Å². The first-order chi connectivity index (χ1) is 6.37. The maximum atomic E-state index is 11.7. The lowest BCUT2D eigenvalue weighted by Gasteiger charge is -2.10. The van der Waals surface area contributed by atoms with Gasteiger partial charge in [-0.3, -0.25) is 4.21 Å². The van der Waals surface area contributed by atoms with Crippen molar-refractivity contribution in [2.45, 2.75) is 24.1 Å². The summed E-state index contributed by atoms with van der Waals surface area (Å²) in [5.74, 6) is -0.0730. The number of nitrogens with two attached hydrogens (primary N) is 1. The van der Waals surface area contributed by atoms with Crippen molar-refractivity contribution in [3.8, 4) is 0 Å². The van der Waals surface area contributed by atoms with E-state index in [1.54, 1.807) is 6.92 Å². The molecule has 2 unspecified atom stereocenters. The Bertz CT molecular complexity index is 186. The molecule has 0 spiro atoms. The van der Waals surface area contributed by atoms with Gasteiger partial charge < -0.3 is 5.73 Å². The molecule has 0 heterocycles. The lowest BCUT2D eigenvalue weighted by atomic mass is 10.3. The minimum absolute atomic E-state index is 0.0747. The molecular weight excluding hydrogens is 235 g/mol. The highest BCUT2D eigenvalue weighted by molar-refractivity contribution is 8.01. The first-order valence-electron chi connectivity index (χ1n) is 4.14. The van der Waals surface area contributed by atoms with Gasteiger partial charge in [0.25, 0.3) is 0 Å². The van der Waals surface area contributed by atoms with Gasteiger partial charge in [0, 0.05) is 27.6 Å². The van der Waals surface area contributed by atoms with Gasteiger partial charge in [0.05, 0.1) is 0 Å². The summed E-state index contributed by atoms with van der Waals surface area (Å²) in [4.78, 5) is 0. The number of hydrogen-bond donors (Lipinski definition) is 1. The topological polar surface area (TPSA) is 43.1 Å². The molecule has 0 rings (SSSR count). The van der Waals surface area contributed by atoms with E-state index in [2.05, 4.69) is 0 Å². The van der Waals surface area contributed by atoms with E-state index in [4.69, 9.17) is 5.73 Å². The van der Waals surface area contributed by atoms with Crippen LogP contribution in [-0.2, 0) is 10.8 Å². The normalized spacial score (nSPS) is 16.6. The van der Waals surface area contributed by atoms with Crippen LogP contribution in [0.2, 0.25) is 0 Å². The summed E-state index contributed by atoms with van der Waals surface area (Å²) < 4.78 is 46.4. The summed E-state index contributed by atoms with van der Waals surface area (Å²) in [6.07, 6.45) is 0.587. The molecule has 0 aromatic carbocycles. The van der Waals surface area contributed by atoms with E-state index in [-0.39, 0.29) is 28.5 Å². The Morgan fingerprint density at radius 1 is 1.50 bits per heavy atom. The standard InChI is InChI=1S/C7H14F3NOS2/c1-6(2-3-11)14(12)5-4-13-7(8,9)10/h6H,2-5,11H2,1H3. The second-order valence-corrected chi connectivity index (χ2v) is 5.90. The summed E-state index contributed by atoms with van der Waals surface area (Å²) >= 11 is -0.127. The van der Waals surface area contributed by atoms with Crippen LogP contribution in [0.5, 0.6) is 0 Å². The summed E-state index contributed by atoms with van der Waals surface area (Å²) in [5.41, 5.74) is 1.02. The summed E-state index contributed by atoms with van der Waals surface area (Å²) in [7, 11) is -1.20. The van der Waals surface area contributed by atoms with Crippen LogP contribution in [0.1, 0.15) is 13.3 Å². The van der Waals surface area contributed by atoms with Gasteiger partial charge in [-0.2, -0.15) is 13.2 Å². The largest absolute Gasteiger partial charge is 0.441 e.